The van der Waals surface area contributed by atoms with Crippen LogP contribution in [-0.2, 0) is 6.18 Å². The van der Waals surface area contributed by atoms with Crippen molar-refractivity contribution in [2.45, 2.75) is 75.9 Å². The van der Waals surface area contributed by atoms with Crippen molar-refractivity contribution in [3.8, 4) is 16.9 Å². The van der Waals surface area contributed by atoms with Crippen LogP contribution in [0.15, 0.2) is 35.5 Å². The van der Waals surface area contributed by atoms with Gasteiger partial charge in [0, 0.05) is 41.3 Å². The summed E-state index contributed by atoms with van der Waals surface area (Å²) in [5, 5.41) is 14.6. The van der Waals surface area contributed by atoms with Crippen LogP contribution >= 0.6 is 11.6 Å². The molecular weight excluding hydrogens is 640 g/mol. The van der Waals surface area contributed by atoms with Crippen LogP contribution in [0.25, 0.3) is 16.9 Å². The molecule has 0 saturated carbocycles. The third-order valence-corrected chi connectivity index (χ3v) is 9.52. The molecule has 1 aromatic carbocycles. The minimum atomic E-state index is -4.80. The van der Waals surface area contributed by atoms with Crippen molar-refractivity contribution in [3.63, 3.8) is 0 Å². The minimum Gasteiger partial charge on any atom is -0.312 e. The first-order valence-corrected chi connectivity index (χ1v) is 15.6. The molecule has 10 nitrogen and oxygen atoms in total. The quantitative estimate of drug-likeness (QED) is 0.277. The molecule has 3 fully saturated rings. The standard InChI is InChI=1S/C29H34ClF6N9O/c1-15-3-2-4-23(21-7-16(5-6-37-21)26-22(38-11-15)12-40-45(26)28(32)33)43-14-39-20(10-25(43)46)18-8-17(30)9-19(31)27(18)44-13-24(41-42-44)29(34,35)36/h8-10,13-16,21-23,26,28,37-38,40H,2-7,11-12H2,1H3/t15-,16?,21?,22?,23+,26?/m1/s1. The van der Waals surface area contributed by atoms with Gasteiger partial charge in [0.2, 0.25) is 0 Å². The number of nitrogens with zero attached hydrogens (tertiary/aromatic N) is 6. The Kier molecular flexibility index (Phi) is 9.45. The monoisotopic (exact) mass is 673 g/mol. The summed E-state index contributed by atoms with van der Waals surface area (Å²) in [5.41, 5.74) is 0.641. The molecule has 3 aromatic rings. The highest BCUT2D eigenvalue weighted by atomic mass is 35.5. The summed E-state index contributed by atoms with van der Waals surface area (Å²) in [6.45, 7) is 1.12. The zero-order valence-electron chi connectivity index (χ0n) is 24.8. The molecule has 46 heavy (non-hydrogen) atoms. The van der Waals surface area contributed by atoms with Crippen molar-refractivity contribution < 1.29 is 26.3 Å². The fourth-order valence-electron chi connectivity index (χ4n) is 7.12. The second-order valence-corrected chi connectivity index (χ2v) is 12.8. The van der Waals surface area contributed by atoms with Gasteiger partial charge in [-0.25, -0.2) is 19.5 Å². The fraction of sp³-hybridized carbons (Fsp3) is 0.586. The van der Waals surface area contributed by atoms with Crippen molar-refractivity contribution in [2.75, 3.05) is 19.6 Å². The molecule has 0 radical (unpaired) electrons. The Balaban J connectivity index is 1.35. The molecule has 6 atom stereocenters. The number of piperidine rings is 1. The van der Waals surface area contributed by atoms with Crippen LogP contribution in [0.2, 0.25) is 5.02 Å². The van der Waals surface area contributed by atoms with Crippen LogP contribution in [-0.4, -0.2) is 73.9 Å². The van der Waals surface area contributed by atoms with Crippen molar-refractivity contribution in [2.24, 2.45) is 11.8 Å². The van der Waals surface area contributed by atoms with Crippen molar-refractivity contribution in [3.05, 3.63) is 57.6 Å². The summed E-state index contributed by atoms with van der Waals surface area (Å²) in [6.07, 6.45) is 0.617. The maximum Gasteiger partial charge on any atom is 0.436 e. The number of alkyl halides is 5. The summed E-state index contributed by atoms with van der Waals surface area (Å²) in [7, 11) is 0. The minimum absolute atomic E-state index is 0.0171. The summed E-state index contributed by atoms with van der Waals surface area (Å²) < 4.78 is 85.1. The molecule has 3 aliphatic rings. The SMILES string of the molecule is C[C@@H]1CCC[C@H](n2cnc(-c3cc(Cl)cc(F)c3-n3cc(C(F)(F)F)nn3)cc2=O)C2CC(CCN2)C2C(CNN2C(F)F)NC1. The number of hydrogen-bond acceptors (Lipinski definition) is 8. The van der Waals surface area contributed by atoms with Crippen molar-refractivity contribution in [1.29, 1.82) is 0 Å². The van der Waals surface area contributed by atoms with Crippen LogP contribution < -0.4 is 21.6 Å². The molecule has 0 aliphatic carbocycles. The fourth-order valence-corrected chi connectivity index (χ4v) is 7.33. The summed E-state index contributed by atoms with van der Waals surface area (Å²) in [6, 6.07) is 2.25. The summed E-state index contributed by atoms with van der Waals surface area (Å²) in [4.78, 5) is 18.2. The number of hydrazine groups is 1. The average Bonchev–Trinajstić information content (AvgIpc) is 3.66. The second-order valence-electron chi connectivity index (χ2n) is 12.4. The predicted molar refractivity (Wildman–Crippen MR) is 157 cm³/mol. The average molecular weight is 674 g/mol. The number of hydrogen-bond donors (Lipinski definition) is 3. The van der Waals surface area contributed by atoms with Gasteiger partial charge in [0.1, 0.15) is 5.69 Å². The van der Waals surface area contributed by atoms with E-state index in [2.05, 4.69) is 38.3 Å². The molecule has 3 saturated heterocycles. The summed E-state index contributed by atoms with van der Waals surface area (Å²) >= 11 is 6.11. The van der Waals surface area contributed by atoms with Gasteiger partial charge in [-0.05, 0) is 62.7 Å². The molecule has 3 N–H and O–H groups in total. The molecule has 17 heteroatoms. The van der Waals surface area contributed by atoms with Crippen LogP contribution in [0.4, 0.5) is 26.3 Å². The van der Waals surface area contributed by atoms with Gasteiger partial charge in [-0.2, -0.15) is 27.0 Å². The number of aromatic nitrogens is 5. The largest absolute Gasteiger partial charge is 0.436 e. The molecule has 0 spiro atoms. The van der Waals surface area contributed by atoms with Gasteiger partial charge >= 0.3 is 12.7 Å². The van der Waals surface area contributed by atoms with E-state index in [0.717, 1.165) is 23.9 Å². The zero-order valence-corrected chi connectivity index (χ0v) is 25.6. The van der Waals surface area contributed by atoms with E-state index in [1.54, 1.807) is 0 Å². The van der Waals surface area contributed by atoms with Crippen LogP contribution in [0.5, 0.6) is 0 Å². The molecule has 2 bridgehead atoms. The van der Waals surface area contributed by atoms with Crippen LogP contribution in [0.3, 0.4) is 0 Å². The third kappa shape index (κ3) is 6.68. The van der Waals surface area contributed by atoms with E-state index in [-0.39, 0.29) is 46.2 Å². The van der Waals surface area contributed by atoms with Gasteiger partial charge in [-0.15, -0.1) is 5.10 Å². The molecule has 4 unspecified atom stereocenters. The highest BCUT2D eigenvalue weighted by molar-refractivity contribution is 6.31. The Labute approximate surface area is 265 Å². The Morgan fingerprint density at radius 3 is 2.59 bits per heavy atom. The van der Waals surface area contributed by atoms with Gasteiger partial charge in [0.25, 0.3) is 5.56 Å². The lowest BCUT2D eigenvalue weighted by atomic mass is 9.79. The Morgan fingerprint density at radius 1 is 1.07 bits per heavy atom. The van der Waals surface area contributed by atoms with E-state index in [1.807, 2.05) is 0 Å². The molecular formula is C29H34ClF6N9O. The smallest absolute Gasteiger partial charge is 0.312 e. The summed E-state index contributed by atoms with van der Waals surface area (Å²) in [5.74, 6) is -0.781. The van der Waals surface area contributed by atoms with Gasteiger partial charge in [0.15, 0.2) is 11.5 Å². The lowest BCUT2D eigenvalue weighted by Crippen LogP contribution is -2.56. The van der Waals surface area contributed by atoms with E-state index in [0.29, 0.717) is 49.8 Å². The molecule has 3 aliphatic heterocycles. The number of fused-ring (bicyclic) bond motifs is 4. The van der Waals surface area contributed by atoms with Crippen molar-refractivity contribution >= 4 is 11.6 Å². The van der Waals surface area contributed by atoms with Gasteiger partial charge in [-0.1, -0.05) is 30.2 Å². The molecule has 0 amide bonds. The maximum absolute atomic E-state index is 15.2. The van der Waals surface area contributed by atoms with E-state index >= 15 is 4.39 Å². The van der Waals surface area contributed by atoms with E-state index in [1.165, 1.54) is 23.0 Å². The zero-order chi connectivity index (χ0) is 32.7. The lowest BCUT2D eigenvalue weighted by molar-refractivity contribution is -0.141. The Hall–Kier alpha value is -3.05. The molecule has 6 rings (SSSR count). The highest BCUT2D eigenvalue weighted by Crippen LogP contribution is 2.36. The number of nitrogens with one attached hydrogen (secondary N) is 3. The molecule has 2 aromatic heterocycles. The predicted octanol–water partition coefficient (Wildman–Crippen LogP) is 4.40. The topological polar surface area (TPSA) is 105 Å². The van der Waals surface area contributed by atoms with E-state index < -0.39 is 41.5 Å². The second kappa shape index (κ2) is 13.2. The third-order valence-electron chi connectivity index (χ3n) is 9.30. The Morgan fingerprint density at radius 2 is 1.87 bits per heavy atom. The van der Waals surface area contributed by atoms with Crippen molar-refractivity contribution in [1.82, 2.24) is 45.6 Å². The molecule has 250 valence electrons. The number of halogens is 7. The first-order valence-electron chi connectivity index (χ1n) is 15.2. The van der Waals surface area contributed by atoms with Gasteiger partial charge in [0.05, 0.1) is 24.3 Å². The first kappa shape index (κ1) is 32.9. The Bertz CT molecular complexity index is 1600. The first-order chi connectivity index (χ1) is 21.9. The normalized spacial score (nSPS) is 28.1. The lowest BCUT2D eigenvalue weighted by Gasteiger charge is -2.42. The van der Waals surface area contributed by atoms with E-state index in [4.69, 9.17) is 11.6 Å². The van der Waals surface area contributed by atoms with Gasteiger partial charge < -0.3 is 10.6 Å². The number of benzene rings is 1. The van der Waals surface area contributed by atoms with E-state index in [9.17, 15) is 26.7 Å². The number of rotatable bonds is 4. The van der Waals surface area contributed by atoms with Gasteiger partial charge in [-0.3, -0.25) is 9.36 Å². The van der Waals surface area contributed by atoms with Crippen LogP contribution in [0.1, 0.15) is 50.8 Å². The van der Waals surface area contributed by atoms with Crippen LogP contribution in [0, 0.1) is 17.7 Å². The maximum atomic E-state index is 15.2. The highest BCUT2D eigenvalue weighted by Gasteiger charge is 2.45. The molecule has 5 heterocycles.